The summed E-state index contributed by atoms with van der Waals surface area (Å²) in [5.74, 6) is 0.973. The summed E-state index contributed by atoms with van der Waals surface area (Å²) in [5.41, 5.74) is 1.16. The van der Waals surface area contributed by atoms with Crippen LogP contribution in [0.3, 0.4) is 0 Å². The molecule has 2 rings (SSSR count). The van der Waals surface area contributed by atoms with Gasteiger partial charge in [-0.2, -0.15) is 0 Å². The number of aromatic nitrogens is 4. The first-order valence-corrected chi connectivity index (χ1v) is 7.79. The van der Waals surface area contributed by atoms with E-state index >= 15 is 0 Å². The molecule has 0 N–H and O–H groups in total. The fourth-order valence-corrected chi connectivity index (χ4v) is 1.91. The first kappa shape index (κ1) is 16.9. The van der Waals surface area contributed by atoms with Gasteiger partial charge in [-0.3, -0.25) is 4.79 Å². The maximum absolute atomic E-state index is 11.7. The number of carbonyl (C=O) groups excluding carboxylic acids is 1. The summed E-state index contributed by atoms with van der Waals surface area (Å²) >= 11 is 0. The molecule has 0 unspecified atom stereocenters. The van der Waals surface area contributed by atoms with Crippen LogP contribution in [0.4, 0.5) is 0 Å². The number of hydrogen-bond acceptors (Lipinski definition) is 6. The second-order valence-electron chi connectivity index (χ2n) is 5.24. The van der Waals surface area contributed by atoms with Crippen LogP contribution in [0.2, 0.25) is 0 Å². The topological polar surface area (TPSA) is 79.1 Å². The van der Waals surface area contributed by atoms with Gasteiger partial charge in [-0.1, -0.05) is 31.0 Å². The number of rotatable bonds is 9. The van der Waals surface area contributed by atoms with E-state index in [-0.39, 0.29) is 25.6 Å². The third kappa shape index (κ3) is 5.69. The van der Waals surface area contributed by atoms with Gasteiger partial charge in [0.05, 0.1) is 13.0 Å². The molecule has 7 nitrogen and oxygen atoms in total. The van der Waals surface area contributed by atoms with Crippen LogP contribution >= 0.6 is 0 Å². The minimum absolute atomic E-state index is 0.0834. The smallest absolute Gasteiger partial charge is 0.309 e. The van der Waals surface area contributed by atoms with Gasteiger partial charge in [-0.15, -0.1) is 5.10 Å². The van der Waals surface area contributed by atoms with Crippen LogP contribution in [0, 0.1) is 6.92 Å². The average molecular weight is 318 g/mol. The number of benzene rings is 1. The lowest BCUT2D eigenvalue weighted by molar-refractivity contribution is -0.145. The van der Waals surface area contributed by atoms with Gasteiger partial charge in [0.25, 0.3) is 0 Å². The van der Waals surface area contributed by atoms with Crippen molar-refractivity contribution < 1.29 is 14.3 Å². The summed E-state index contributed by atoms with van der Waals surface area (Å²) in [6.07, 6.45) is 2.22. The molecule has 23 heavy (non-hydrogen) atoms. The Morgan fingerprint density at radius 2 is 2.04 bits per heavy atom. The molecule has 0 aliphatic rings. The molecule has 0 fully saturated rings. The van der Waals surface area contributed by atoms with Gasteiger partial charge >= 0.3 is 5.97 Å². The molecule has 0 bridgehead atoms. The Balaban J connectivity index is 1.69. The second-order valence-corrected chi connectivity index (χ2v) is 5.24. The van der Waals surface area contributed by atoms with Crippen molar-refractivity contribution in [2.24, 2.45) is 0 Å². The summed E-state index contributed by atoms with van der Waals surface area (Å²) in [6, 6.07) is 7.68. The molecule has 7 heteroatoms. The maximum Gasteiger partial charge on any atom is 0.309 e. The summed E-state index contributed by atoms with van der Waals surface area (Å²) < 4.78 is 12.3. The number of aryl methyl sites for hydroxylation is 2. The molecule has 0 saturated carbocycles. The Kier molecular flexibility index (Phi) is 6.53. The molecule has 0 atom stereocenters. The minimum Gasteiger partial charge on any atom is -0.493 e. The zero-order valence-corrected chi connectivity index (χ0v) is 13.6. The highest BCUT2D eigenvalue weighted by Crippen LogP contribution is 2.11. The highest BCUT2D eigenvalue weighted by atomic mass is 16.5. The first-order chi connectivity index (χ1) is 11.2. The lowest BCUT2D eigenvalue weighted by Gasteiger charge is -2.07. The summed E-state index contributed by atoms with van der Waals surface area (Å²) in [5, 5.41) is 11.4. The van der Waals surface area contributed by atoms with Crippen LogP contribution in [0.1, 0.15) is 37.6 Å². The van der Waals surface area contributed by atoms with Crippen LogP contribution in [-0.4, -0.2) is 32.8 Å². The predicted octanol–water partition coefficient (Wildman–Crippen LogP) is 2.29. The van der Waals surface area contributed by atoms with E-state index in [1.54, 1.807) is 4.68 Å². The van der Waals surface area contributed by atoms with E-state index in [9.17, 15) is 4.79 Å². The second kappa shape index (κ2) is 8.87. The molecule has 0 radical (unpaired) electrons. The molecule has 124 valence electrons. The number of tetrazole rings is 1. The van der Waals surface area contributed by atoms with Crippen molar-refractivity contribution in [2.45, 2.75) is 46.3 Å². The van der Waals surface area contributed by atoms with Gasteiger partial charge in [-0.25, -0.2) is 4.68 Å². The summed E-state index contributed by atoms with van der Waals surface area (Å²) in [6.45, 7) is 5.20. The molecular formula is C16H22N4O3. The highest BCUT2D eigenvalue weighted by molar-refractivity contribution is 5.69. The number of esters is 1. The van der Waals surface area contributed by atoms with Gasteiger partial charge in [0.1, 0.15) is 5.75 Å². The van der Waals surface area contributed by atoms with Crippen molar-refractivity contribution in [3.8, 4) is 5.75 Å². The Morgan fingerprint density at radius 3 is 2.78 bits per heavy atom. The number of nitrogens with zero attached hydrogens (tertiary/aromatic N) is 4. The quantitative estimate of drug-likeness (QED) is 0.660. The van der Waals surface area contributed by atoms with Gasteiger partial charge in [-0.05, 0) is 35.9 Å². The molecule has 1 aromatic carbocycles. The Labute approximate surface area is 135 Å². The number of ether oxygens (including phenoxy) is 2. The average Bonchev–Trinajstić information content (AvgIpc) is 3.00. The van der Waals surface area contributed by atoms with E-state index in [2.05, 4.69) is 22.4 Å². The zero-order valence-electron chi connectivity index (χ0n) is 13.6. The molecule has 1 aromatic heterocycles. The summed E-state index contributed by atoms with van der Waals surface area (Å²) in [4.78, 5) is 11.7. The SMILES string of the molecule is CCCCn1nnnc1COC(=O)CCOc1ccc(C)cc1. The van der Waals surface area contributed by atoms with Gasteiger partial charge < -0.3 is 9.47 Å². The van der Waals surface area contributed by atoms with Crippen molar-refractivity contribution in [2.75, 3.05) is 6.61 Å². The van der Waals surface area contributed by atoms with E-state index in [1.807, 2.05) is 31.2 Å². The van der Waals surface area contributed by atoms with Crippen LogP contribution < -0.4 is 4.74 Å². The fraction of sp³-hybridized carbons (Fsp3) is 0.500. The fourth-order valence-electron chi connectivity index (χ4n) is 1.91. The van der Waals surface area contributed by atoms with Crippen molar-refractivity contribution in [1.82, 2.24) is 20.2 Å². The summed E-state index contributed by atoms with van der Waals surface area (Å²) in [7, 11) is 0. The number of unbranched alkanes of at least 4 members (excludes halogenated alkanes) is 1. The molecule has 1 heterocycles. The Morgan fingerprint density at radius 1 is 1.26 bits per heavy atom. The van der Waals surface area contributed by atoms with E-state index in [1.165, 1.54) is 0 Å². The lowest BCUT2D eigenvalue weighted by atomic mass is 10.2. The van der Waals surface area contributed by atoms with E-state index < -0.39 is 0 Å². The van der Waals surface area contributed by atoms with Crippen LogP contribution in [0.25, 0.3) is 0 Å². The van der Waals surface area contributed by atoms with Crippen molar-refractivity contribution in [3.63, 3.8) is 0 Å². The molecule has 0 aliphatic carbocycles. The maximum atomic E-state index is 11.7. The largest absolute Gasteiger partial charge is 0.493 e. The monoisotopic (exact) mass is 318 g/mol. The van der Waals surface area contributed by atoms with E-state index in [0.717, 1.165) is 30.7 Å². The van der Waals surface area contributed by atoms with Crippen LogP contribution in [0.15, 0.2) is 24.3 Å². The molecule has 0 spiro atoms. The molecule has 2 aromatic rings. The number of hydrogen-bond donors (Lipinski definition) is 0. The third-order valence-electron chi connectivity index (χ3n) is 3.29. The van der Waals surface area contributed by atoms with Crippen molar-refractivity contribution in [1.29, 1.82) is 0 Å². The predicted molar refractivity (Wildman–Crippen MR) is 83.8 cm³/mol. The minimum atomic E-state index is -0.331. The van der Waals surface area contributed by atoms with E-state index in [0.29, 0.717) is 5.82 Å². The molecule has 0 saturated heterocycles. The Hall–Kier alpha value is -2.44. The normalized spacial score (nSPS) is 10.5. The third-order valence-corrected chi connectivity index (χ3v) is 3.29. The van der Waals surface area contributed by atoms with Gasteiger partial charge in [0.2, 0.25) is 0 Å². The van der Waals surface area contributed by atoms with Gasteiger partial charge in [0.15, 0.2) is 12.4 Å². The van der Waals surface area contributed by atoms with Crippen molar-refractivity contribution >= 4 is 5.97 Å². The Bertz CT molecular complexity index is 610. The lowest BCUT2D eigenvalue weighted by Crippen LogP contribution is -2.13. The number of carbonyl (C=O) groups is 1. The zero-order chi connectivity index (χ0) is 16.5. The highest BCUT2D eigenvalue weighted by Gasteiger charge is 2.09. The van der Waals surface area contributed by atoms with Crippen LogP contribution in [0.5, 0.6) is 5.75 Å². The molecule has 0 aliphatic heterocycles. The molecule has 0 amide bonds. The van der Waals surface area contributed by atoms with Gasteiger partial charge in [0, 0.05) is 6.54 Å². The molecular weight excluding hydrogens is 296 g/mol. The standard InChI is InChI=1S/C16H22N4O3/c1-3-4-10-20-15(17-18-19-20)12-23-16(21)9-11-22-14-7-5-13(2)6-8-14/h5-8H,3-4,9-12H2,1-2H3. The van der Waals surface area contributed by atoms with Crippen LogP contribution in [-0.2, 0) is 22.7 Å². The first-order valence-electron chi connectivity index (χ1n) is 7.79. The van der Waals surface area contributed by atoms with Crippen molar-refractivity contribution in [3.05, 3.63) is 35.7 Å². The van der Waals surface area contributed by atoms with E-state index in [4.69, 9.17) is 9.47 Å².